The normalized spacial score (nSPS) is 24.1. The van der Waals surface area contributed by atoms with Crippen molar-refractivity contribution in [2.24, 2.45) is 11.7 Å². The molecule has 2 N–H and O–H groups in total. The zero-order valence-corrected chi connectivity index (χ0v) is 13.5. The van der Waals surface area contributed by atoms with Gasteiger partial charge in [0.05, 0.1) is 13.2 Å². The molecule has 3 nitrogen and oxygen atoms in total. The van der Waals surface area contributed by atoms with Crippen LogP contribution in [-0.4, -0.2) is 31.1 Å². The highest BCUT2D eigenvalue weighted by molar-refractivity contribution is 9.10. The molecule has 1 aromatic carbocycles. The lowest BCUT2D eigenvalue weighted by molar-refractivity contribution is 0.220. The van der Waals surface area contributed by atoms with Crippen LogP contribution in [0.5, 0.6) is 5.75 Å². The number of benzene rings is 1. The third kappa shape index (κ3) is 3.30. The Balaban J connectivity index is 2.31. The highest BCUT2D eigenvalue weighted by atomic mass is 79.9. The van der Waals surface area contributed by atoms with Gasteiger partial charge in [-0.2, -0.15) is 0 Å². The Morgan fingerprint density at radius 3 is 2.84 bits per heavy atom. The maximum Gasteiger partial charge on any atom is 0.119 e. The van der Waals surface area contributed by atoms with Gasteiger partial charge in [-0.05, 0) is 36.1 Å². The predicted octanol–water partition coefficient (Wildman–Crippen LogP) is 3.19. The topological polar surface area (TPSA) is 38.5 Å². The smallest absolute Gasteiger partial charge is 0.119 e. The van der Waals surface area contributed by atoms with Crippen LogP contribution < -0.4 is 10.5 Å². The van der Waals surface area contributed by atoms with Gasteiger partial charge >= 0.3 is 0 Å². The number of nitrogens with two attached hydrogens (primary N) is 1. The second kappa shape index (κ2) is 6.25. The third-order valence-electron chi connectivity index (χ3n) is 3.67. The minimum atomic E-state index is 0.196. The summed E-state index contributed by atoms with van der Waals surface area (Å²) in [6, 6.07) is 6.61. The molecule has 1 aliphatic rings. The highest BCUT2D eigenvalue weighted by Gasteiger charge is 2.34. The summed E-state index contributed by atoms with van der Waals surface area (Å²) in [7, 11) is 1.70. The first-order chi connectivity index (χ1) is 9.02. The lowest BCUT2D eigenvalue weighted by atomic mass is 10.00. The summed E-state index contributed by atoms with van der Waals surface area (Å²) in [5, 5.41) is 0. The van der Waals surface area contributed by atoms with Crippen molar-refractivity contribution >= 4 is 15.9 Å². The van der Waals surface area contributed by atoms with Gasteiger partial charge in [-0.25, -0.2) is 0 Å². The standard InChI is InChI=1S/C15H23BrN2O/c1-10(2)9-18-7-6-14(17)15(18)12-8-11(19-3)4-5-13(12)16/h4-5,8,10,14-15H,6-7,9,17H2,1-3H3. The number of hydrogen-bond acceptors (Lipinski definition) is 3. The summed E-state index contributed by atoms with van der Waals surface area (Å²) in [5.74, 6) is 1.54. The molecule has 19 heavy (non-hydrogen) atoms. The van der Waals surface area contributed by atoms with E-state index in [1.54, 1.807) is 7.11 Å². The van der Waals surface area contributed by atoms with Crippen molar-refractivity contribution in [3.63, 3.8) is 0 Å². The number of nitrogens with zero attached hydrogens (tertiary/aromatic N) is 1. The molecule has 4 heteroatoms. The fourth-order valence-corrected chi connectivity index (χ4v) is 3.34. The van der Waals surface area contributed by atoms with Crippen molar-refractivity contribution in [3.8, 4) is 5.75 Å². The SMILES string of the molecule is COc1ccc(Br)c(C2C(N)CCN2CC(C)C)c1. The van der Waals surface area contributed by atoms with Gasteiger partial charge in [-0.1, -0.05) is 29.8 Å². The van der Waals surface area contributed by atoms with Crippen LogP contribution in [0.25, 0.3) is 0 Å². The molecule has 0 spiro atoms. The second-order valence-corrected chi connectivity index (χ2v) is 6.53. The van der Waals surface area contributed by atoms with E-state index in [1.807, 2.05) is 12.1 Å². The predicted molar refractivity (Wildman–Crippen MR) is 82.4 cm³/mol. The lowest BCUT2D eigenvalue weighted by Crippen LogP contribution is -2.34. The van der Waals surface area contributed by atoms with Gasteiger partial charge < -0.3 is 10.5 Å². The van der Waals surface area contributed by atoms with E-state index in [1.165, 1.54) is 5.56 Å². The Bertz CT molecular complexity index is 436. The molecule has 0 radical (unpaired) electrons. The number of halogens is 1. The van der Waals surface area contributed by atoms with E-state index in [4.69, 9.17) is 10.5 Å². The van der Waals surface area contributed by atoms with Gasteiger partial charge in [0.1, 0.15) is 5.75 Å². The number of rotatable bonds is 4. The van der Waals surface area contributed by atoms with Crippen molar-refractivity contribution in [3.05, 3.63) is 28.2 Å². The first-order valence-corrected chi connectivity index (χ1v) is 7.65. The molecule has 0 bridgehead atoms. The van der Waals surface area contributed by atoms with Gasteiger partial charge in [0.2, 0.25) is 0 Å². The Kier molecular flexibility index (Phi) is 4.87. The van der Waals surface area contributed by atoms with E-state index in [2.05, 4.69) is 40.7 Å². The largest absolute Gasteiger partial charge is 0.497 e. The summed E-state index contributed by atoms with van der Waals surface area (Å²) in [4.78, 5) is 2.49. The van der Waals surface area contributed by atoms with Gasteiger partial charge in [-0.15, -0.1) is 0 Å². The van der Waals surface area contributed by atoms with Crippen LogP contribution in [0, 0.1) is 5.92 Å². The molecular formula is C15H23BrN2O. The minimum Gasteiger partial charge on any atom is -0.497 e. The van der Waals surface area contributed by atoms with Crippen LogP contribution in [0.4, 0.5) is 0 Å². The van der Waals surface area contributed by atoms with Crippen LogP contribution in [0.15, 0.2) is 22.7 Å². The molecule has 0 saturated carbocycles. The zero-order chi connectivity index (χ0) is 14.0. The molecule has 1 aromatic rings. The van der Waals surface area contributed by atoms with Crippen molar-refractivity contribution < 1.29 is 4.74 Å². The molecule has 0 aromatic heterocycles. The van der Waals surface area contributed by atoms with Gasteiger partial charge in [0.15, 0.2) is 0 Å². The number of hydrogen-bond donors (Lipinski definition) is 1. The van der Waals surface area contributed by atoms with E-state index in [9.17, 15) is 0 Å². The summed E-state index contributed by atoms with van der Waals surface area (Å²) in [5.41, 5.74) is 7.57. The van der Waals surface area contributed by atoms with Crippen molar-refractivity contribution in [1.82, 2.24) is 4.90 Å². The van der Waals surface area contributed by atoms with Crippen molar-refractivity contribution in [1.29, 1.82) is 0 Å². The Hall–Kier alpha value is -0.580. The Labute approximate surface area is 124 Å². The molecule has 0 aliphatic carbocycles. The molecule has 1 saturated heterocycles. The number of likely N-dealkylation sites (tertiary alicyclic amines) is 1. The van der Waals surface area contributed by atoms with Crippen LogP contribution in [0.2, 0.25) is 0 Å². The second-order valence-electron chi connectivity index (χ2n) is 5.67. The Morgan fingerprint density at radius 2 is 2.21 bits per heavy atom. The first kappa shape index (κ1) is 14.8. The van der Waals surface area contributed by atoms with Gasteiger partial charge in [0, 0.05) is 23.6 Å². The lowest BCUT2D eigenvalue weighted by Gasteiger charge is -2.29. The maximum atomic E-state index is 6.33. The first-order valence-electron chi connectivity index (χ1n) is 6.86. The van der Waals surface area contributed by atoms with Crippen LogP contribution >= 0.6 is 15.9 Å². The number of ether oxygens (including phenoxy) is 1. The molecular weight excluding hydrogens is 304 g/mol. The van der Waals surface area contributed by atoms with Gasteiger partial charge in [0.25, 0.3) is 0 Å². The molecule has 1 heterocycles. The number of methoxy groups -OCH3 is 1. The summed E-state index contributed by atoms with van der Waals surface area (Å²) < 4.78 is 6.46. The molecule has 0 amide bonds. The van der Waals surface area contributed by atoms with E-state index < -0.39 is 0 Å². The average molecular weight is 327 g/mol. The van der Waals surface area contributed by atoms with Gasteiger partial charge in [-0.3, -0.25) is 4.90 Å². The highest BCUT2D eigenvalue weighted by Crippen LogP contribution is 2.37. The third-order valence-corrected chi connectivity index (χ3v) is 4.39. The van der Waals surface area contributed by atoms with E-state index >= 15 is 0 Å². The molecule has 2 unspecified atom stereocenters. The van der Waals surface area contributed by atoms with Crippen LogP contribution in [0.1, 0.15) is 31.9 Å². The van der Waals surface area contributed by atoms with E-state index in [0.29, 0.717) is 5.92 Å². The maximum absolute atomic E-state index is 6.33. The average Bonchev–Trinajstić information content (AvgIpc) is 2.71. The van der Waals surface area contributed by atoms with Crippen molar-refractivity contribution in [2.75, 3.05) is 20.2 Å². The molecule has 2 rings (SSSR count). The van der Waals surface area contributed by atoms with Crippen LogP contribution in [0.3, 0.4) is 0 Å². The van der Waals surface area contributed by atoms with Crippen LogP contribution in [-0.2, 0) is 0 Å². The van der Waals surface area contributed by atoms with Crippen molar-refractivity contribution in [2.45, 2.75) is 32.4 Å². The molecule has 106 valence electrons. The zero-order valence-electron chi connectivity index (χ0n) is 11.9. The summed E-state index contributed by atoms with van der Waals surface area (Å²) in [6.45, 7) is 6.67. The monoisotopic (exact) mass is 326 g/mol. The molecule has 2 atom stereocenters. The summed E-state index contributed by atoms with van der Waals surface area (Å²) >= 11 is 3.65. The Morgan fingerprint density at radius 1 is 1.47 bits per heavy atom. The fraction of sp³-hybridized carbons (Fsp3) is 0.600. The quantitative estimate of drug-likeness (QED) is 0.923. The molecule has 1 fully saturated rings. The van der Waals surface area contributed by atoms with E-state index in [-0.39, 0.29) is 12.1 Å². The summed E-state index contributed by atoms with van der Waals surface area (Å²) in [6.07, 6.45) is 1.06. The van der Waals surface area contributed by atoms with E-state index in [0.717, 1.165) is 29.7 Å². The minimum absolute atomic E-state index is 0.196. The molecule has 1 aliphatic heterocycles. The fourth-order valence-electron chi connectivity index (χ4n) is 2.86.